The molecule has 4 rings (SSSR count). The van der Waals surface area contributed by atoms with Gasteiger partial charge in [-0.2, -0.15) is 0 Å². The zero-order chi connectivity index (χ0) is 18.3. The van der Waals surface area contributed by atoms with Crippen molar-refractivity contribution >= 4 is 38.1 Å². The van der Waals surface area contributed by atoms with Gasteiger partial charge in [0.2, 0.25) is 9.30 Å². The maximum atomic E-state index is 11.7. The molecule has 0 unspecified atom stereocenters. The first kappa shape index (κ1) is 17.2. The Labute approximate surface area is 158 Å². The summed E-state index contributed by atoms with van der Waals surface area (Å²) < 4.78 is 24.7. The first-order valence-electron chi connectivity index (χ1n) is 7.59. The van der Waals surface area contributed by atoms with Gasteiger partial charge in [-0.05, 0) is 18.4 Å². The van der Waals surface area contributed by atoms with Crippen LogP contribution in [-0.4, -0.2) is 29.3 Å². The number of imidazole rings is 1. The number of aromatic nitrogens is 3. The molecule has 2 aromatic heterocycles. The Balaban J connectivity index is 1.98. The summed E-state index contributed by atoms with van der Waals surface area (Å²) in [6.45, 7) is 0. The predicted octanol–water partition coefficient (Wildman–Crippen LogP) is 3.49. The third kappa shape index (κ3) is 3.03. The molecule has 0 bridgehead atoms. The first-order chi connectivity index (χ1) is 12.5. The lowest BCUT2D eigenvalue weighted by molar-refractivity contribution is 0.595. The molecule has 2 N–H and O–H groups in total. The Bertz CT molecular complexity index is 1180. The molecular weight excluding hydrogens is 388 g/mol. The standard InChI is InChI=1S/C17H14N4O2S3/c1-24-13-9-7-11(8-10-13)14-15(12-5-3-2-4-6-12)21-16(19-14)25-17(20-21)26(18,22)23/h2-10H,1H3,(H2,18,22,23). The van der Waals surface area contributed by atoms with Crippen LogP contribution in [0.5, 0.6) is 0 Å². The number of hydrogen-bond donors (Lipinski definition) is 1. The largest absolute Gasteiger partial charge is 0.267 e. The molecule has 9 heteroatoms. The van der Waals surface area contributed by atoms with Gasteiger partial charge in [-0.15, -0.1) is 16.9 Å². The van der Waals surface area contributed by atoms with Gasteiger partial charge in [0.15, 0.2) is 0 Å². The van der Waals surface area contributed by atoms with Crippen LogP contribution in [0.25, 0.3) is 27.5 Å². The number of thioether (sulfide) groups is 1. The van der Waals surface area contributed by atoms with E-state index in [1.165, 1.54) is 0 Å². The monoisotopic (exact) mass is 402 g/mol. The highest BCUT2D eigenvalue weighted by Crippen LogP contribution is 2.35. The van der Waals surface area contributed by atoms with E-state index in [4.69, 9.17) is 5.14 Å². The van der Waals surface area contributed by atoms with Crippen molar-refractivity contribution in [2.45, 2.75) is 9.24 Å². The summed E-state index contributed by atoms with van der Waals surface area (Å²) in [5.41, 5.74) is 3.33. The van der Waals surface area contributed by atoms with Gasteiger partial charge in [-0.1, -0.05) is 53.8 Å². The fourth-order valence-electron chi connectivity index (χ4n) is 2.65. The fourth-order valence-corrected chi connectivity index (χ4v) is 4.58. The smallest absolute Gasteiger partial charge is 0.223 e. The Morgan fingerprint density at radius 3 is 2.35 bits per heavy atom. The minimum Gasteiger partial charge on any atom is -0.223 e. The van der Waals surface area contributed by atoms with Gasteiger partial charge < -0.3 is 0 Å². The van der Waals surface area contributed by atoms with E-state index in [1.807, 2.05) is 60.9 Å². The van der Waals surface area contributed by atoms with Crippen LogP contribution in [0.4, 0.5) is 0 Å². The van der Waals surface area contributed by atoms with Gasteiger partial charge in [0.05, 0.1) is 0 Å². The maximum Gasteiger partial charge on any atom is 0.267 e. The average molecular weight is 403 g/mol. The number of fused-ring (bicyclic) bond motifs is 1. The Kier molecular flexibility index (Phi) is 4.31. The van der Waals surface area contributed by atoms with Gasteiger partial charge in [0, 0.05) is 16.0 Å². The lowest BCUT2D eigenvalue weighted by Crippen LogP contribution is -2.12. The molecular formula is C17H14N4O2S3. The summed E-state index contributed by atoms with van der Waals surface area (Å²) in [5.74, 6) is 0. The van der Waals surface area contributed by atoms with Crippen molar-refractivity contribution < 1.29 is 8.42 Å². The van der Waals surface area contributed by atoms with Crippen molar-refractivity contribution in [3.63, 3.8) is 0 Å². The second-order valence-corrected chi connectivity index (χ2v) is 9.08. The number of nitrogens with two attached hydrogens (primary N) is 1. The molecule has 6 nitrogen and oxygen atoms in total. The molecule has 132 valence electrons. The number of sulfonamides is 1. The topological polar surface area (TPSA) is 90.3 Å². The summed E-state index contributed by atoms with van der Waals surface area (Å²) in [7, 11) is -3.88. The molecule has 0 aliphatic heterocycles. The third-order valence-corrected chi connectivity index (χ3v) is 6.80. The molecule has 0 saturated carbocycles. The van der Waals surface area contributed by atoms with Crippen molar-refractivity contribution in [1.29, 1.82) is 0 Å². The molecule has 0 aliphatic rings. The number of hydrogen-bond acceptors (Lipinski definition) is 6. The van der Waals surface area contributed by atoms with Crippen LogP contribution in [0.15, 0.2) is 63.8 Å². The van der Waals surface area contributed by atoms with Crippen LogP contribution >= 0.6 is 23.1 Å². The molecule has 2 aromatic carbocycles. The van der Waals surface area contributed by atoms with Crippen molar-refractivity contribution in [1.82, 2.24) is 14.6 Å². The third-order valence-electron chi connectivity index (χ3n) is 3.84. The molecule has 0 amide bonds. The quantitative estimate of drug-likeness (QED) is 0.528. The Morgan fingerprint density at radius 1 is 1.04 bits per heavy atom. The zero-order valence-electron chi connectivity index (χ0n) is 13.7. The van der Waals surface area contributed by atoms with Crippen molar-refractivity contribution in [3.05, 3.63) is 54.6 Å². The summed E-state index contributed by atoms with van der Waals surface area (Å²) in [5, 5.41) is 9.42. The minimum atomic E-state index is -3.88. The lowest BCUT2D eigenvalue weighted by atomic mass is 10.1. The van der Waals surface area contributed by atoms with E-state index >= 15 is 0 Å². The van der Waals surface area contributed by atoms with E-state index < -0.39 is 10.0 Å². The highest BCUT2D eigenvalue weighted by atomic mass is 32.2. The predicted molar refractivity (Wildman–Crippen MR) is 105 cm³/mol. The number of primary sulfonamides is 1. The second-order valence-electron chi connectivity index (χ2n) is 5.51. The second kappa shape index (κ2) is 6.51. The highest BCUT2D eigenvalue weighted by molar-refractivity contribution is 7.98. The Hall–Kier alpha value is -2.20. The highest BCUT2D eigenvalue weighted by Gasteiger charge is 2.22. The number of nitrogens with zero attached hydrogens (tertiary/aromatic N) is 3. The fraction of sp³-hybridized carbons (Fsp3) is 0.0588. The van der Waals surface area contributed by atoms with Crippen LogP contribution in [0.2, 0.25) is 0 Å². The van der Waals surface area contributed by atoms with Crippen molar-refractivity contribution in [2.24, 2.45) is 5.14 Å². The van der Waals surface area contributed by atoms with Crippen molar-refractivity contribution in [3.8, 4) is 22.5 Å². The lowest BCUT2D eigenvalue weighted by Gasteiger charge is -2.05. The SMILES string of the molecule is CSc1ccc(-c2nc3sc(S(N)(=O)=O)nn3c2-c2ccccc2)cc1. The molecule has 0 radical (unpaired) electrons. The van der Waals surface area contributed by atoms with Crippen molar-refractivity contribution in [2.75, 3.05) is 6.26 Å². The van der Waals surface area contributed by atoms with E-state index in [2.05, 4.69) is 10.1 Å². The molecule has 0 fully saturated rings. The summed E-state index contributed by atoms with van der Waals surface area (Å²) >= 11 is 2.63. The Morgan fingerprint density at radius 2 is 1.73 bits per heavy atom. The van der Waals surface area contributed by atoms with Crippen LogP contribution in [-0.2, 0) is 10.0 Å². The first-order valence-corrected chi connectivity index (χ1v) is 11.2. The molecule has 0 spiro atoms. The zero-order valence-corrected chi connectivity index (χ0v) is 16.1. The molecule has 26 heavy (non-hydrogen) atoms. The maximum absolute atomic E-state index is 11.7. The number of benzene rings is 2. The van der Waals surface area contributed by atoms with Crippen LogP contribution in [0, 0.1) is 0 Å². The van der Waals surface area contributed by atoms with E-state index in [9.17, 15) is 8.42 Å². The normalized spacial score (nSPS) is 11.9. The van der Waals surface area contributed by atoms with Crippen LogP contribution in [0.1, 0.15) is 0 Å². The van der Waals surface area contributed by atoms with E-state index in [1.54, 1.807) is 16.3 Å². The van der Waals surface area contributed by atoms with E-state index in [0.717, 1.165) is 38.7 Å². The minimum absolute atomic E-state index is 0.151. The van der Waals surface area contributed by atoms with Crippen LogP contribution in [0.3, 0.4) is 0 Å². The summed E-state index contributed by atoms with van der Waals surface area (Å²) in [6.07, 6.45) is 2.02. The van der Waals surface area contributed by atoms with Gasteiger partial charge in [0.1, 0.15) is 11.4 Å². The average Bonchev–Trinajstić information content (AvgIpc) is 3.20. The summed E-state index contributed by atoms with van der Waals surface area (Å²) in [6, 6.07) is 17.7. The molecule has 0 saturated heterocycles. The van der Waals surface area contributed by atoms with E-state index in [0.29, 0.717) is 4.96 Å². The van der Waals surface area contributed by atoms with Crippen LogP contribution < -0.4 is 5.14 Å². The van der Waals surface area contributed by atoms with Gasteiger partial charge in [-0.3, -0.25) is 0 Å². The number of rotatable bonds is 4. The molecule has 4 aromatic rings. The summed E-state index contributed by atoms with van der Waals surface area (Å²) in [4.78, 5) is 6.28. The van der Waals surface area contributed by atoms with E-state index in [-0.39, 0.29) is 4.34 Å². The van der Waals surface area contributed by atoms with Gasteiger partial charge >= 0.3 is 0 Å². The molecule has 0 atom stereocenters. The van der Waals surface area contributed by atoms with Gasteiger partial charge in [0.25, 0.3) is 10.0 Å². The molecule has 2 heterocycles. The molecule has 0 aliphatic carbocycles. The van der Waals surface area contributed by atoms with Gasteiger partial charge in [-0.25, -0.2) is 23.1 Å².